The van der Waals surface area contributed by atoms with Crippen LogP contribution in [0.5, 0.6) is 0 Å². The molecule has 0 saturated carbocycles. The van der Waals surface area contributed by atoms with Crippen LogP contribution in [-0.2, 0) is 23.3 Å². The van der Waals surface area contributed by atoms with Gasteiger partial charge in [0.15, 0.2) is 5.82 Å². The molecule has 140 valence electrons. The van der Waals surface area contributed by atoms with E-state index >= 15 is 0 Å². The number of aromatic nitrogens is 2. The Bertz CT molecular complexity index is 779. The van der Waals surface area contributed by atoms with E-state index in [2.05, 4.69) is 10.1 Å². The number of rotatable bonds is 5. The van der Waals surface area contributed by atoms with E-state index in [4.69, 9.17) is 4.52 Å². The Balaban J connectivity index is 1.71. The number of carbonyl (C=O) groups excluding carboxylic acids is 1. The minimum Gasteiger partial charge on any atom is -0.339 e. The average Bonchev–Trinajstić information content (AvgIpc) is 3.05. The van der Waals surface area contributed by atoms with Crippen LogP contribution < -0.4 is 0 Å². The van der Waals surface area contributed by atoms with Crippen molar-refractivity contribution in [2.24, 2.45) is 0 Å². The molecule has 0 radical (unpaired) electrons. The van der Waals surface area contributed by atoms with Gasteiger partial charge in [-0.05, 0) is 30.4 Å². The highest BCUT2D eigenvalue weighted by molar-refractivity contribution is 7.97. The summed E-state index contributed by atoms with van der Waals surface area (Å²) in [6.45, 7) is 0.487. The van der Waals surface area contributed by atoms with Crippen molar-refractivity contribution in [2.45, 2.75) is 37.2 Å². The van der Waals surface area contributed by atoms with E-state index < -0.39 is 11.7 Å². The molecule has 1 amide bonds. The van der Waals surface area contributed by atoms with Gasteiger partial charge in [-0.3, -0.25) is 4.79 Å². The molecule has 1 atom stereocenters. The molecule has 1 aliphatic heterocycles. The van der Waals surface area contributed by atoms with Gasteiger partial charge in [0.2, 0.25) is 11.8 Å². The van der Waals surface area contributed by atoms with Crippen molar-refractivity contribution in [1.82, 2.24) is 15.0 Å². The lowest BCUT2D eigenvalue weighted by Gasteiger charge is -2.31. The minimum absolute atomic E-state index is 0.0810. The molecular formula is C17H18F3N3O2S. The zero-order valence-corrected chi connectivity index (χ0v) is 14.9. The first-order chi connectivity index (χ1) is 12.4. The van der Waals surface area contributed by atoms with Crippen LogP contribution in [0.2, 0.25) is 0 Å². The molecule has 1 aliphatic rings. The van der Waals surface area contributed by atoms with Crippen molar-refractivity contribution >= 4 is 17.7 Å². The minimum atomic E-state index is -4.40. The molecule has 0 N–H and O–H groups in total. The lowest BCUT2D eigenvalue weighted by atomic mass is 9.96. The van der Waals surface area contributed by atoms with Gasteiger partial charge in [0.05, 0.1) is 17.2 Å². The molecule has 1 fully saturated rings. The maximum Gasteiger partial charge on any atom is 0.416 e. The third kappa shape index (κ3) is 4.38. The predicted molar refractivity (Wildman–Crippen MR) is 90.4 cm³/mol. The lowest BCUT2D eigenvalue weighted by Crippen LogP contribution is -2.38. The molecule has 2 aromatic rings. The van der Waals surface area contributed by atoms with Crippen LogP contribution in [0.3, 0.4) is 0 Å². The van der Waals surface area contributed by atoms with Gasteiger partial charge in [-0.25, -0.2) is 0 Å². The van der Waals surface area contributed by atoms with Gasteiger partial charge in [0, 0.05) is 19.5 Å². The molecule has 2 heterocycles. The van der Waals surface area contributed by atoms with E-state index in [1.807, 2.05) is 6.26 Å². The number of carbonyl (C=O) groups is 1. The topological polar surface area (TPSA) is 59.2 Å². The molecule has 0 aliphatic carbocycles. The first kappa shape index (κ1) is 18.8. The van der Waals surface area contributed by atoms with E-state index in [0.29, 0.717) is 42.4 Å². The summed E-state index contributed by atoms with van der Waals surface area (Å²) in [5.74, 6) is 1.55. The molecule has 3 rings (SSSR count). The molecule has 0 unspecified atom stereocenters. The van der Waals surface area contributed by atoms with Crippen LogP contribution in [0, 0.1) is 0 Å². The van der Waals surface area contributed by atoms with Gasteiger partial charge in [0.1, 0.15) is 0 Å². The molecular weight excluding hydrogens is 367 g/mol. The largest absolute Gasteiger partial charge is 0.416 e. The van der Waals surface area contributed by atoms with Crippen LogP contribution in [0.25, 0.3) is 0 Å². The van der Waals surface area contributed by atoms with Crippen molar-refractivity contribution < 1.29 is 22.5 Å². The van der Waals surface area contributed by atoms with Crippen LogP contribution in [0.4, 0.5) is 13.2 Å². The number of halogens is 3. The Kier molecular flexibility index (Phi) is 5.55. The van der Waals surface area contributed by atoms with E-state index in [1.54, 1.807) is 22.7 Å². The second kappa shape index (κ2) is 7.69. The summed E-state index contributed by atoms with van der Waals surface area (Å²) in [5.41, 5.74) is -0.267. The normalized spacial score (nSPS) is 18.4. The number of hydrogen-bond donors (Lipinski definition) is 0. The van der Waals surface area contributed by atoms with Gasteiger partial charge < -0.3 is 9.42 Å². The summed E-state index contributed by atoms with van der Waals surface area (Å²) >= 11 is 1.58. The zero-order valence-electron chi connectivity index (χ0n) is 14.1. The van der Waals surface area contributed by atoms with Crippen LogP contribution in [-0.4, -0.2) is 33.7 Å². The summed E-state index contributed by atoms with van der Waals surface area (Å²) in [6, 6.07) is 5.06. The predicted octanol–water partition coefficient (Wildman–Crippen LogP) is 3.86. The van der Waals surface area contributed by atoms with E-state index in [9.17, 15) is 18.0 Å². The maximum atomic E-state index is 12.9. The fourth-order valence-electron chi connectivity index (χ4n) is 2.96. The molecule has 1 aromatic carbocycles. The van der Waals surface area contributed by atoms with Crippen molar-refractivity contribution in [3.63, 3.8) is 0 Å². The number of amides is 1. The van der Waals surface area contributed by atoms with Gasteiger partial charge in [-0.15, -0.1) is 0 Å². The fraction of sp³-hybridized carbons (Fsp3) is 0.471. The van der Waals surface area contributed by atoms with Gasteiger partial charge >= 0.3 is 6.18 Å². The number of hydrogen-bond acceptors (Lipinski definition) is 5. The summed E-state index contributed by atoms with van der Waals surface area (Å²) in [6.07, 6.45) is -1.56. The SMILES string of the molecule is CSCc1noc([C@H]2CCC(=O)N(Cc3cccc(C(F)(F)F)c3)C2)n1. The molecule has 1 aromatic heterocycles. The quantitative estimate of drug-likeness (QED) is 0.782. The highest BCUT2D eigenvalue weighted by Crippen LogP contribution is 2.31. The highest BCUT2D eigenvalue weighted by Gasteiger charge is 2.32. The van der Waals surface area contributed by atoms with Crippen molar-refractivity contribution in [3.8, 4) is 0 Å². The van der Waals surface area contributed by atoms with Gasteiger partial charge in [-0.1, -0.05) is 17.3 Å². The van der Waals surface area contributed by atoms with Crippen LogP contribution >= 0.6 is 11.8 Å². The van der Waals surface area contributed by atoms with E-state index in [-0.39, 0.29) is 18.4 Å². The highest BCUT2D eigenvalue weighted by atomic mass is 32.2. The van der Waals surface area contributed by atoms with Crippen LogP contribution in [0.1, 0.15) is 41.6 Å². The molecule has 0 spiro atoms. The average molecular weight is 385 g/mol. The first-order valence-corrected chi connectivity index (χ1v) is 9.51. The van der Waals surface area contributed by atoms with E-state index in [0.717, 1.165) is 12.1 Å². The monoisotopic (exact) mass is 385 g/mol. The molecule has 26 heavy (non-hydrogen) atoms. The number of thioether (sulfide) groups is 1. The summed E-state index contributed by atoms with van der Waals surface area (Å²) in [5, 5.41) is 3.91. The second-order valence-electron chi connectivity index (χ2n) is 6.19. The molecule has 1 saturated heterocycles. The lowest BCUT2D eigenvalue weighted by molar-refractivity contribution is -0.137. The van der Waals surface area contributed by atoms with Crippen LogP contribution in [0.15, 0.2) is 28.8 Å². The summed E-state index contributed by atoms with van der Waals surface area (Å²) < 4.78 is 43.9. The fourth-order valence-corrected chi connectivity index (χ4v) is 3.33. The van der Waals surface area contributed by atoms with Gasteiger partial charge in [0.25, 0.3) is 0 Å². The number of benzene rings is 1. The maximum absolute atomic E-state index is 12.9. The third-order valence-electron chi connectivity index (χ3n) is 4.23. The summed E-state index contributed by atoms with van der Waals surface area (Å²) in [7, 11) is 0. The Morgan fingerprint density at radius 3 is 2.92 bits per heavy atom. The smallest absolute Gasteiger partial charge is 0.339 e. The Morgan fingerprint density at radius 1 is 1.38 bits per heavy atom. The number of alkyl halides is 3. The summed E-state index contributed by atoms with van der Waals surface area (Å²) in [4.78, 5) is 18.1. The third-order valence-corrected chi connectivity index (χ3v) is 4.78. The number of nitrogens with zero attached hydrogens (tertiary/aromatic N) is 3. The van der Waals surface area contributed by atoms with E-state index in [1.165, 1.54) is 6.07 Å². The van der Waals surface area contributed by atoms with Gasteiger partial charge in [-0.2, -0.15) is 29.9 Å². The first-order valence-electron chi connectivity index (χ1n) is 8.12. The molecule has 9 heteroatoms. The molecule has 5 nitrogen and oxygen atoms in total. The number of likely N-dealkylation sites (tertiary alicyclic amines) is 1. The Hall–Kier alpha value is -2.03. The standard InChI is InChI=1S/C17H18F3N3O2S/c1-26-10-14-21-16(25-22-14)12-5-6-15(24)23(9-12)8-11-3-2-4-13(7-11)17(18,19)20/h2-4,7,12H,5-6,8-10H2,1H3/t12-/m0/s1. The van der Waals surface area contributed by atoms with Crippen molar-refractivity contribution in [3.05, 3.63) is 47.1 Å². The molecule has 0 bridgehead atoms. The zero-order chi connectivity index (χ0) is 18.7. The van der Waals surface area contributed by atoms with Crippen molar-refractivity contribution in [1.29, 1.82) is 0 Å². The number of piperidine rings is 1. The van der Waals surface area contributed by atoms with Crippen molar-refractivity contribution in [2.75, 3.05) is 12.8 Å². The Morgan fingerprint density at radius 2 is 2.19 bits per heavy atom. The second-order valence-corrected chi connectivity index (χ2v) is 7.06. The Labute approximate surface area is 152 Å².